The van der Waals surface area contributed by atoms with E-state index in [1.54, 1.807) is 25.3 Å². The minimum absolute atomic E-state index is 0.248. The number of benzene rings is 2. The van der Waals surface area contributed by atoms with Crippen molar-refractivity contribution >= 4 is 17.5 Å². The third kappa shape index (κ3) is 5.17. The summed E-state index contributed by atoms with van der Waals surface area (Å²) in [7, 11) is 1.60. The Morgan fingerprint density at radius 1 is 1.04 bits per heavy atom. The third-order valence-electron chi connectivity index (χ3n) is 3.30. The quantitative estimate of drug-likeness (QED) is 0.767. The fourth-order valence-electron chi connectivity index (χ4n) is 2.06. The zero-order valence-electron chi connectivity index (χ0n) is 13.3. The molecule has 0 aliphatic carbocycles. The molecule has 2 aromatic carbocycles. The van der Waals surface area contributed by atoms with Crippen LogP contribution in [0.15, 0.2) is 48.5 Å². The van der Waals surface area contributed by atoms with Gasteiger partial charge in [-0.3, -0.25) is 9.59 Å². The number of ether oxygens (including phenoxy) is 1. The molecule has 0 saturated carbocycles. The number of carbonyl (C=O) groups excluding carboxylic acids is 2. The van der Waals surface area contributed by atoms with Crippen molar-refractivity contribution in [3.63, 3.8) is 0 Å². The zero-order valence-corrected chi connectivity index (χ0v) is 13.3. The van der Waals surface area contributed by atoms with Crippen LogP contribution in [-0.4, -0.2) is 32.1 Å². The molecule has 0 atom stereocenters. The van der Waals surface area contributed by atoms with Crippen LogP contribution in [0.3, 0.4) is 0 Å². The first-order valence-corrected chi connectivity index (χ1v) is 7.54. The highest BCUT2D eigenvalue weighted by atomic mass is 19.1. The van der Waals surface area contributed by atoms with E-state index in [-0.39, 0.29) is 17.6 Å². The van der Waals surface area contributed by atoms with E-state index in [2.05, 4.69) is 10.6 Å². The summed E-state index contributed by atoms with van der Waals surface area (Å²) in [6.07, 6.45) is 0.715. The maximum atomic E-state index is 12.9. The molecule has 0 aliphatic heterocycles. The molecule has 0 aliphatic rings. The van der Waals surface area contributed by atoms with Gasteiger partial charge in [0.15, 0.2) is 0 Å². The largest absolute Gasteiger partial charge is 0.385 e. The first-order valence-electron chi connectivity index (χ1n) is 7.54. The van der Waals surface area contributed by atoms with Crippen molar-refractivity contribution in [2.75, 3.05) is 25.6 Å². The van der Waals surface area contributed by atoms with Crippen LogP contribution in [0.4, 0.5) is 10.1 Å². The maximum Gasteiger partial charge on any atom is 0.255 e. The molecule has 6 heteroatoms. The molecule has 2 N–H and O–H groups in total. The van der Waals surface area contributed by atoms with E-state index in [0.29, 0.717) is 36.4 Å². The second-order valence-electron chi connectivity index (χ2n) is 5.14. The van der Waals surface area contributed by atoms with Gasteiger partial charge in [0, 0.05) is 37.1 Å². The maximum absolute atomic E-state index is 12.9. The molecule has 0 heterocycles. The Labute approximate surface area is 139 Å². The van der Waals surface area contributed by atoms with Crippen molar-refractivity contribution in [1.82, 2.24) is 5.32 Å². The molecule has 5 nitrogen and oxygen atoms in total. The van der Waals surface area contributed by atoms with Crippen LogP contribution >= 0.6 is 0 Å². The Morgan fingerprint density at radius 2 is 1.71 bits per heavy atom. The number of halogens is 1. The van der Waals surface area contributed by atoms with Crippen LogP contribution in [-0.2, 0) is 4.74 Å². The van der Waals surface area contributed by atoms with Crippen molar-refractivity contribution in [3.8, 4) is 0 Å². The fourth-order valence-corrected chi connectivity index (χ4v) is 2.06. The zero-order chi connectivity index (χ0) is 17.4. The highest BCUT2D eigenvalue weighted by Crippen LogP contribution is 2.12. The smallest absolute Gasteiger partial charge is 0.255 e. The van der Waals surface area contributed by atoms with Crippen molar-refractivity contribution in [2.45, 2.75) is 6.42 Å². The minimum Gasteiger partial charge on any atom is -0.385 e. The van der Waals surface area contributed by atoms with Gasteiger partial charge >= 0.3 is 0 Å². The first-order chi connectivity index (χ1) is 11.6. The average Bonchev–Trinajstić information content (AvgIpc) is 2.60. The number of rotatable bonds is 7. The summed E-state index contributed by atoms with van der Waals surface area (Å²) in [6, 6.07) is 11.9. The summed E-state index contributed by atoms with van der Waals surface area (Å²) >= 11 is 0. The van der Waals surface area contributed by atoms with Crippen LogP contribution < -0.4 is 10.6 Å². The van der Waals surface area contributed by atoms with Gasteiger partial charge in [0.25, 0.3) is 11.8 Å². The van der Waals surface area contributed by atoms with E-state index in [4.69, 9.17) is 4.74 Å². The SMILES string of the molecule is COCCCNC(=O)c1cccc(C(=O)Nc2ccc(F)cc2)c1. The molecule has 0 fully saturated rings. The topological polar surface area (TPSA) is 67.4 Å². The third-order valence-corrected chi connectivity index (χ3v) is 3.30. The lowest BCUT2D eigenvalue weighted by Gasteiger charge is -2.08. The van der Waals surface area contributed by atoms with E-state index in [1.807, 2.05) is 0 Å². The molecule has 0 bridgehead atoms. The predicted octanol–water partition coefficient (Wildman–Crippen LogP) is 2.84. The van der Waals surface area contributed by atoms with Gasteiger partial charge in [-0.15, -0.1) is 0 Å². The van der Waals surface area contributed by atoms with Crippen molar-refractivity contribution in [3.05, 3.63) is 65.5 Å². The summed E-state index contributed by atoms with van der Waals surface area (Å²) < 4.78 is 17.8. The molecule has 0 unspecified atom stereocenters. The molecule has 24 heavy (non-hydrogen) atoms. The van der Waals surface area contributed by atoms with Gasteiger partial charge in [-0.25, -0.2) is 4.39 Å². The summed E-state index contributed by atoms with van der Waals surface area (Å²) in [5, 5.41) is 5.42. The van der Waals surface area contributed by atoms with Gasteiger partial charge in [0.05, 0.1) is 0 Å². The average molecular weight is 330 g/mol. The Kier molecular flexibility index (Phi) is 6.45. The number of nitrogens with one attached hydrogen (secondary N) is 2. The predicted molar refractivity (Wildman–Crippen MR) is 89.6 cm³/mol. The van der Waals surface area contributed by atoms with Gasteiger partial charge in [-0.05, 0) is 48.9 Å². The van der Waals surface area contributed by atoms with E-state index in [1.165, 1.54) is 30.3 Å². The molecule has 0 aromatic heterocycles. The van der Waals surface area contributed by atoms with Crippen LogP contribution in [0.2, 0.25) is 0 Å². The number of anilines is 1. The Balaban J connectivity index is 1.99. The lowest BCUT2D eigenvalue weighted by atomic mass is 10.1. The normalized spacial score (nSPS) is 10.2. The second-order valence-corrected chi connectivity index (χ2v) is 5.14. The van der Waals surface area contributed by atoms with Crippen molar-refractivity contribution in [1.29, 1.82) is 0 Å². The Hall–Kier alpha value is -2.73. The summed E-state index contributed by atoms with van der Waals surface area (Å²) in [5.74, 6) is -0.988. The molecule has 2 rings (SSSR count). The lowest BCUT2D eigenvalue weighted by Crippen LogP contribution is -2.25. The number of methoxy groups -OCH3 is 1. The molecule has 0 radical (unpaired) electrons. The van der Waals surface area contributed by atoms with Crippen molar-refractivity contribution in [2.24, 2.45) is 0 Å². The molecule has 2 aromatic rings. The summed E-state index contributed by atoms with van der Waals surface area (Å²) in [5.41, 5.74) is 1.24. The van der Waals surface area contributed by atoms with E-state index in [0.717, 1.165) is 0 Å². The standard InChI is InChI=1S/C18H19FN2O3/c1-24-11-3-10-20-17(22)13-4-2-5-14(12-13)18(23)21-16-8-6-15(19)7-9-16/h2,4-9,12H,3,10-11H2,1H3,(H,20,22)(H,21,23). The van der Waals surface area contributed by atoms with Gasteiger partial charge in [-0.1, -0.05) is 6.07 Å². The molecular formula is C18H19FN2O3. The monoisotopic (exact) mass is 330 g/mol. The van der Waals surface area contributed by atoms with E-state index in [9.17, 15) is 14.0 Å². The summed E-state index contributed by atoms with van der Waals surface area (Å²) in [6.45, 7) is 1.07. The molecule has 0 saturated heterocycles. The molecule has 2 amide bonds. The Bertz CT molecular complexity index is 702. The minimum atomic E-state index is -0.375. The van der Waals surface area contributed by atoms with Crippen LogP contribution in [0.25, 0.3) is 0 Å². The second kappa shape index (κ2) is 8.79. The lowest BCUT2D eigenvalue weighted by molar-refractivity contribution is 0.0948. The van der Waals surface area contributed by atoms with Crippen LogP contribution in [0, 0.1) is 5.82 Å². The number of hydrogen-bond donors (Lipinski definition) is 2. The first kappa shape index (κ1) is 17.6. The number of hydrogen-bond acceptors (Lipinski definition) is 3. The van der Waals surface area contributed by atoms with Gasteiger partial charge in [0.2, 0.25) is 0 Å². The molecule has 0 spiro atoms. The van der Waals surface area contributed by atoms with Crippen molar-refractivity contribution < 1.29 is 18.7 Å². The number of carbonyl (C=O) groups is 2. The Morgan fingerprint density at radius 3 is 2.38 bits per heavy atom. The molecular weight excluding hydrogens is 311 g/mol. The van der Waals surface area contributed by atoms with E-state index >= 15 is 0 Å². The van der Waals surface area contributed by atoms with E-state index < -0.39 is 0 Å². The number of amides is 2. The highest BCUT2D eigenvalue weighted by Gasteiger charge is 2.10. The highest BCUT2D eigenvalue weighted by molar-refractivity contribution is 6.06. The van der Waals surface area contributed by atoms with Gasteiger partial charge < -0.3 is 15.4 Å². The van der Waals surface area contributed by atoms with Crippen LogP contribution in [0.5, 0.6) is 0 Å². The van der Waals surface area contributed by atoms with Crippen LogP contribution in [0.1, 0.15) is 27.1 Å². The van der Waals surface area contributed by atoms with Gasteiger partial charge in [0.1, 0.15) is 5.82 Å². The molecule has 126 valence electrons. The fraction of sp³-hybridized carbons (Fsp3) is 0.222. The van der Waals surface area contributed by atoms with Gasteiger partial charge in [-0.2, -0.15) is 0 Å². The summed E-state index contributed by atoms with van der Waals surface area (Å²) in [4.78, 5) is 24.3.